The lowest BCUT2D eigenvalue weighted by Crippen LogP contribution is -2.41. The third kappa shape index (κ3) is 5.59. The Kier molecular flexibility index (Phi) is 7.34. The summed E-state index contributed by atoms with van der Waals surface area (Å²) in [5, 5.41) is -0.176. The van der Waals surface area contributed by atoms with Gasteiger partial charge in [0.15, 0.2) is 5.03 Å². The van der Waals surface area contributed by atoms with Gasteiger partial charge in [0.25, 0.3) is 15.9 Å². The molecule has 2 aliphatic heterocycles. The summed E-state index contributed by atoms with van der Waals surface area (Å²) >= 11 is 0. The van der Waals surface area contributed by atoms with Crippen molar-refractivity contribution < 1.29 is 13.2 Å². The van der Waals surface area contributed by atoms with Crippen LogP contribution in [0.5, 0.6) is 0 Å². The summed E-state index contributed by atoms with van der Waals surface area (Å²) in [4.78, 5) is 28.1. The second-order valence-electron chi connectivity index (χ2n) is 15.1. The van der Waals surface area contributed by atoms with Gasteiger partial charge in [-0.15, -0.1) is 0 Å². The molecule has 4 bridgehead atoms. The van der Waals surface area contributed by atoms with Gasteiger partial charge in [-0.05, 0) is 80.2 Å². The first-order valence-electron chi connectivity index (χ1n) is 15.7. The SMILES string of the molecule is CC(C)CN1c2cccc(n2)S(=O)(=O)NC(=O)c2ccc(C(C)(C)C)nc2N2CC3(CC3CC1c1ccccc1)CC2(C)C. The molecule has 0 radical (unpaired) electrons. The monoisotopic (exact) mass is 615 g/mol. The number of aromatic nitrogens is 2. The molecule has 1 saturated carbocycles. The molecule has 3 aliphatic rings. The van der Waals surface area contributed by atoms with Gasteiger partial charge in [-0.1, -0.05) is 71.0 Å². The molecular weight excluding hydrogens is 570 g/mol. The first kappa shape index (κ1) is 30.6. The van der Waals surface area contributed by atoms with Crippen LogP contribution in [0.2, 0.25) is 0 Å². The molecule has 3 unspecified atom stereocenters. The predicted molar refractivity (Wildman–Crippen MR) is 174 cm³/mol. The topological polar surface area (TPSA) is 95.5 Å². The van der Waals surface area contributed by atoms with Crippen LogP contribution >= 0.6 is 0 Å². The van der Waals surface area contributed by atoms with Gasteiger partial charge < -0.3 is 9.80 Å². The molecule has 1 saturated heterocycles. The third-order valence-corrected chi connectivity index (χ3v) is 10.9. The molecule has 1 N–H and O–H groups in total. The maximum absolute atomic E-state index is 13.8. The summed E-state index contributed by atoms with van der Waals surface area (Å²) in [6.07, 6.45) is 3.01. The van der Waals surface area contributed by atoms with Gasteiger partial charge >= 0.3 is 0 Å². The number of sulfonamides is 1. The number of fused-ring (bicyclic) bond motifs is 5. The van der Waals surface area contributed by atoms with E-state index in [0.717, 1.165) is 31.5 Å². The van der Waals surface area contributed by atoms with Crippen molar-refractivity contribution in [2.45, 2.75) is 89.8 Å². The molecule has 1 aliphatic carbocycles. The van der Waals surface area contributed by atoms with E-state index in [-0.39, 0.29) is 33.0 Å². The van der Waals surface area contributed by atoms with E-state index >= 15 is 0 Å². The van der Waals surface area contributed by atoms with E-state index in [1.165, 1.54) is 11.6 Å². The number of nitrogens with zero attached hydrogens (tertiary/aromatic N) is 4. The molecule has 1 amide bonds. The van der Waals surface area contributed by atoms with Crippen LogP contribution in [-0.2, 0) is 15.4 Å². The van der Waals surface area contributed by atoms with Crippen molar-refractivity contribution in [3.05, 3.63) is 77.5 Å². The first-order valence-corrected chi connectivity index (χ1v) is 17.2. The van der Waals surface area contributed by atoms with Crippen molar-refractivity contribution in [3.63, 3.8) is 0 Å². The maximum atomic E-state index is 13.8. The van der Waals surface area contributed by atoms with Gasteiger partial charge in [0.2, 0.25) is 0 Å². The molecule has 2 fully saturated rings. The molecular formula is C35H45N5O3S. The molecule has 2 aromatic heterocycles. The fourth-order valence-electron chi connectivity index (χ4n) is 7.43. The Morgan fingerprint density at radius 3 is 2.41 bits per heavy atom. The standard InChI is InChI=1S/C35H45N5O3S/c1-23(2)20-39-27(24-12-9-8-10-13-24)18-25-19-35(25)21-34(6,7)40(22-35)31-26(16-17-28(36-31)33(3,4)5)32(41)38-44(42,43)30-15-11-14-29(39)37-30/h8-17,23,25,27H,18-22H2,1-7H3,(H,38,41). The number of amides is 1. The average molecular weight is 616 g/mol. The molecule has 44 heavy (non-hydrogen) atoms. The van der Waals surface area contributed by atoms with E-state index in [0.29, 0.717) is 30.0 Å². The molecule has 4 heterocycles. The van der Waals surface area contributed by atoms with Gasteiger partial charge in [-0.25, -0.2) is 14.7 Å². The lowest BCUT2D eigenvalue weighted by molar-refractivity contribution is 0.0981. The smallest absolute Gasteiger partial charge is 0.281 e. The lowest BCUT2D eigenvalue weighted by atomic mass is 9.89. The van der Waals surface area contributed by atoms with Crippen molar-refractivity contribution in [1.29, 1.82) is 0 Å². The zero-order valence-electron chi connectivity index (χ0n) is 27.0. The third-order valence-electron chi connectivity index (χ3n) is 9.63. The molecule has 6 rings (SSSR count). The van der Waals surface area contributed by atoms with Crippen molar-refractivity contribution in [3.8, 4) is 0 Å². The highest BCUT2D eigenvalue weighted by Gasteiger charge is 2.63. The molecule has 8 nitrogen and oxygen atoms in total. The van der Waals surface area contributed by atoms with Crippen molar-refractivity contribution >= 4 is 27.6 Å². The number of rotatable bonds is 3. The Bertz CT molecular complexity index is 1680. The van der Waals surface area contributed by atoms with Crippen LogP contribution in [0, 0.1) is 17.3 Å². The fourth-order valence-corrected chi connectivity index (χ4v) is 8.36. The Hall–Kier alpha value is -3.46. The minimum atomic E-state index is -4.27. The number of pyridine rings is 2. The van der Waals surface area contributed by atoms with E-state index in [1.54, 1.807) is 12.1 Å². The highest BCUT2D eigenvalue weighted by molar-refractivity contribution is 7.90. The summed E-state index contributed by atoms with van der Waals surface area (Å²) in [7, 11) is -4.27. The number of carbonyl (C=O) groups excluding carboxylic acids is 1. The fraction of sp³-hybridized carbons (Fsp3) is 0.514. The van der Waals surface area contributed by atoms with Crippen LogP contribution in [0.1, 0.15) is 95.4 Å². The van der Waals surface area contributed by atoms with Crippen LogP contribution in [-0.4, -0.2) is 42.9 Å². The zero-order chi connectivity index (χ0) is 31.7. The molecule has 3 atom stereocenters. The zero-order valence-corrected chi connectivity index (χ0v) is 27.8. The Morgan fingerprint density at radius 1 is 1.00 bits per heavy atom. The number of hydrogen-bond acceptors (Lipinski definition) is 7. The molecule has 1 spiro atoms. The van der Waals surface area contributed by atoms with Gasteiger partial charge in [0.1, 0.15) is 11.6 Å². The second kappa shape index (κ2) is 10.6. The Balaban J connectivity index is 1.54. The highest BCUT2D eigenvalue weighted by atomic mass is 32.2. The molecule has 1 aromatic carbocycles. The number of hydrogen-bond donors (Lipinski definition) is 1. The minimum Gasteiger partial charge on any atom is -0.350 e. The maximum Gasteiger partial charge on any atom is 0.281 e. The lowest BCUT2D eigenvalue weighted by Gasteiger charge is -2.35. The normalized spacial score (nSPS) is 25.9. The van der Waals surface area contributed by atoms with Crippen LogP contribution in [0.4, 0.5) is 11.6 Å². The van der Waals surface area contributed by atoms with Crippen LogP contribution in [0.3, 0.4) is 0 Å². The van der Waals surface area contributed by atoms with Crippen LogP contribution < -0.4 is 14.5 Å². The highest BCUT2D eigenvalue weighted by Crippen LogP contribution is 2.65. The van der Waals surface area contributed by atoms with Gasteiger partial charge in [-0.2, -0.15) is 8.42 Å². The van der Waals surface area contributed by atoms with Crippen molar-refractivity contribution in [2.24, 2.45) is 17.3 Å². The van der Waals surface area contributed by atoms with E-state index in [9.17, 15) is 13.2 Å². The van der Waals surface area contributed by atoms with E-state index in [4.69, 9.17) is 4.98 Å². The summed E-state index contributed by atoms with van der Waals surface area (Å²) < 4.78 is 29.8. The molecule has 3 aromatic rings. The van der Waals surface area contributed by atoms with Gasteiger partial charge in [0, 0.05) is 29.7 Å². The van der Waals surface area contributed by atoms with Crippen LogP contribution in [0.25, 0.3) is 0 Å². The van der Waals surface area contributed by atoms with Gasteiger partial charge in [-0.3, -0.25) is 4.79 Å². The second-order valence-corrected chi connectivity index (χ2v) is 16.8. The summed E-state index contributed by atoms with van der Waals surface area (Å²) in [6.45, 7) is 16.6. The Morgan fingerprint density at radius 2 is 1.73 bits per heavy atom. The largest absolute Gasteiger partial charge is 0.350 e. The van der Waals surface area contributed by atoms with E-state index < -0.39 is 15.9 Å². The molecule has 9 heteroatoms. The van der Waals surface area contributed by atoms with Gasteiger partial charge in [0.05, 0.1) is 11.6 Å². The average Bonchev–Trinajstić information content (AvgIpc) is 3.53. The number of benzene rings is 1. The van der Waals surface area contributed by atoms with E-state index in [2.05, 4.69) is 92.2 Å². The summed E-state index contributed by atoms with van der Waals surface area (Å²) in [6, 6.07) is 19.1. The number of nitrogens with one attached hydrogen (secondary N) is 1. The van der Waals surface area contributed by atoms with Crippen LogP contribution in [0.15, 0.2) is 65.7 Å². The van der Waals surface area contributed by atoms with Crippen molar-refractivity contribution in [1.82, 2.24) is 14.7 Å². The first-order chi connectivity index (χ1) is 20.6. The quantitative estimate of drug-likeness (QED) is 0.360. The number of anilines is 2. The van der Waals surface area contributed by atoms with Crippen molar-refractivity contribution in [2.75, 3.05) is 22.9 Å². The number of carbonyl (C=O) groups is 1. The summed E-state index contributed by atoms with van der Waals surface area (Å²) in [5.74, 6) is 1.23. The predicted octanol–water partition coefficient (Wildman–Crippen LogP) is 6.50. The van der Waals surface area contributed by atoms with E-state index in [1.807, 2.05) is 18.2 Å². The molecule has 234 valence electrons. The summed E-state index contributed by atoms with van der Waals surface area (Å²) in [5.41, 5.74) is 1.89. The Labute approximate surface area is 262 Å². The minimum absolute atomic E-state index is 0.0169.